The van der Waals surface area contributed by atoms with E-state index in [9.17, 15) is 9.59 Å². The molecular weight excluding hydrogens is 206 g/mol. The first kappa shape index (κ1) is 12.5. The molecule has 0 unspecified atom stereocenters. The number of carboxylic acid groups (broad SMARTS) is 1. The van der Waals surface area contributed by atoms with Gasteiger partial charge in [-0.05, 0) is 38.8 Å². The van der Waals surface area contributed by atoms with Crippen LogP contribution in [0.2, 0.25) is 0 Å². The molecule has 1 aromatic heterocycles. The minimum atomic E-state index is -0.840. The predicted octanol–water partition coefficient (Wildman–Crippen LogP) is 1.66. The molecule has 0 saturated heterocycles. The summed E-state index contributed by atoms with van der Waals surface area (Å²) in [5.41, 5.74) is 0.0320. The van der Waals surface area contributed by atoms with E-state index in [1.165, 1.54) is 4.57 Å². The third-order valence-corrected chi connectivity index (χ3v) is 2.71. The zero-order valence-corrected chi connectivity index (χ0v) is 9.86. The molecule has 16 heavy (non-hydrogen) atoms. The number of aromatic nitrogens is 1. The lowest BCUT2D eigenvalue weighted by molar-refractivity contribution is -0.147. The van der Waals surface area contributed by atoms with Gasteiger partial charge in [0.05, 0.1) is 5.41 Å². The average Bonchev–Trinajstić information content (AvgIpc) is 2.16. The second-order valence-electron chi connectivity index (χ2n) is 4.67. The highest BCUT2D eigenvalue weighted by Crippen LogP contribution is 2.20. The van der Waals surface area contributed by atoms with Gasteiger partial charge in [0, 0.05) is 18.8 Å². The molecule has 1 N–H and O–H groups in total. The van der Waals surface area contributed by atoms with Crippen molar-refractivity contribution in [3.8, 4) is 0 Å². The molecule has 0 amide bonds. The minimum absolute atomic E-state index is 0.0822. The van der Waals surface area contributed by atoms with Crippen molar-refractivity contribution in [1.29, 1.82) is 0 Å². The molecule has 0 aliphatic rings. The lowest BCUT2D eigenvalue weighted by Gasteiger charge is -2.19. The van der Waals surface area contributed by atoms with Crippen LogP contribution >= 0.6 is 0 Å². The van der Waals surface area contributed by atoms with Crippen LogP contribution in [-0.2, 0) is 11.3 Å². The Hall–Kier alpha value is -1.58. The summed E-state index contributed by atoms with van der Waals surface area (Å²) in [6.45, 7) is 5.61. The lowest BCUT2D eigenvalue weighted by Crippen LogP contribution is -2.28. The Labute approximate surface area is 94.5 Å². The molecule has 1 heterocycles. The predicted molar refractivity (Wildman–Crippen MR) is 61.5 cm³/mol. The van der Waals surface area contributed by atoms with Crippen molar-refractivity contribution in [3.63, 3.8) is 0 Å². The number of carboxylic acids is 1. The van der Waals surface area contributed by atoms with Crippen LogP contribution in [0.5, 0.6) is 0 Å². The Balaban J connectivity index is 2.76. The Kier molecular flexibility index (Phi) is 3.52. The van der Waals surface area contributed by atoms with E-state index in [0.29, 0.717) is 13.0 Å². The number of hydrogen-bond donors (Lipinski definition) is 1. The maximum atomic E-state index is 11.5. The zero-order valence-electron chi connectivity index (χ0n) is 9.86. The molecule has 1 rings (SSSR count). The molecular formula is C12H17NO3. The van der Waals surface area contributed by atoms with Crippen molar-refractivity contribution in [2.45, 2.75) is 33.7 Å². The fraction of sp³-hybridized carbons (Fsp3) is 0.500. The van der Waals surface area contributed by atoms with Gasteiger partial charge in [-0.15, -0.1) is 0 Å². The van der Waals surface area contributed by atoms with Gasteiger partial charge < -0.3 is 9.67 Å². The van der Waals surface area contributed by atoms with E-state index in [4.69, 9.17) is 5.11 Å². The van der Waals surface area contributed by atoms with Crippen molar-refractivity contribution < 1.29 is 9.90 Å². The Morgan fingerprint density at radius 3 is 2.62 bits per heavy atom. The maximum absolute atomic E-state index is 11.5. The number of aryl methyl sites for hydroxylation is 2. The van der Waals surface area contributed by atoms with E-state index in [0.717, 1.165) is 5.56 Å². The molecule has 0 bridgehead atoms. The van der Waals surface area contributed by atoms with E-state index >= 15 is 0 Å². The van der Waals surface area contributed by atoms with Crippen LogP contribution in [0.25, 0.3) is 0 Å². The second kappa shape index (κ2) is 4.51. The van der Waals surface area contributed by atoms with E-state index in [2.05, 4.69) is 0 Å². The smallest absolute Gasteiger partial charge is 0.309 e. The van der Waals surface area contributed by atoms with Gasteiger partial charge in [0.2, 0.25) is 0 Å². The summed E-state index contributed by atoms with van der Waals surface area (Å²) in [6, 6.07) is 3.39. The fourth-order valence-electron chi connectivity index (χ4n) is 1.30. The monoisotopic (exact) mass is 223 g/mol. The zero-order chi connectivity index (χ0) is 12.3. The Morgan fingerprint density at radius 1 is 1.50 bits per heavy atom. The molecule has 0 saturated carbocycles. The highest BCUT2D eigenvalue weighted by atomic mass is 16.4. The van der Waals surface area contributed by atoms with Crippen LogP contribution < -0.4 is 5.56 Å². The number of hydrogen-bond acceptors (Lipinski definition) is 2. The lowest BCUT2D eigenvalue weighted by atomic mass is 9.89. The van der Waals surface area contributed by atoms with Gasteiger partial charge in [-0.1, -0.05) is 0 Å². The fourth-order valence-corrected chi connectivity index (χ4v) is 1.30. The molecule has 88 valence electrons. The summed E-state index contributed by atoms with van der Waals surface area (Å²) in [7, 11) is 0. The summed E-state index contributed by atoms with van der Waals surface area (Å²) in [6.07, 6.45) is 2.14. The molecule has 4 heteroatoms. The summed E-state index contributed by atoms with van der Waals surface area (Å²) < 4.78 is 1.54. The summed E-state index contributed by atoms with van der Waals surface area (Å²) in [5, 5.41) is 8.95. The van der Waals surface area contributed by atoms with Crippen molar-refractivity contribution in [2.75, 3.05) is 0 Å². The van der Waals surface area contributed by atoms with Crippen LogP contribution in [0.1, 0.15) is 25.8 Å². The number of nitrogens with zero attached hydrogens (tertiary/aromatic N) is 1. The SMILES string of the molecule is Cc1ccn(CCC(C)(C)C(=O)O)c(=O)c1. The molecule has 0 fully saturated rings. The highest BCUT2D eigenvalue weighted by Gasteiger charge is 2.26. The highest BCUT2D eigenvalue weighted by molar-refractivity contribution is 5.73. The number of pyridine rings is 1. The third kappa shape index (κ3) is 2.95. The third-order valence-electron chi connectivity index (χ3n) is 2.71. The van der Waals surface area contributed by atoms with E-state index in [1.807, 2.05) is 13.0 Å². The van der Waals surface area contributed by atoms with Crippen LogP contribution in [0.3, 0.4) is 0 Å². The first-order chi connectivity index (χ1) is 7.33. The van der Waals surface area contributed by atoms with Gasteiger partial charge in [-0.2, -0.15) is 0 Å². The van der Waals surface area contributed by atoms with Crippen molar-refractivity contribution in [2.24, 2.45) is 5.41 Å². The maximum Gasteiger partial charge on any atom is 0.309 e. The standard InChI is InChI=1S/C12H17NO3/c1-9-4-6-13(10(14)8-9)7-5-12(2,3)11(15)16/h4,6,8H,5,7H2,1-3H3,(H,15,16). The van der Waals surface area contributed by atoms with Gasteiger partial charge in [0.25, 0.3) is 5.56 Å². The van der Waals surface area contributed by atoms with Crippen LogP contribution in [0, 0.1) is 12.3 Å². The summed E-state index contributed by atoms with van der Waals surface area (Å²) in [5.74, 6) is -0.840. The quantitative estimate of drug-likeness (QED) is 0.844. The number of carbonyl (C=O) groups is 1. The van der Waals surface area contributed by atoms with E-state index < -0.39 is 11.4 Å². The Bertz CT molecular complexity index is 446. The van der Waals surface area contributed by atoms with Gasteiger partial charge in [0.15, 0.2) is 0 Å². The molecule has 0 radical (unpaired) electrons. The van der Waals surface area contributed by atoms with Crippen LogP contribution in [-0.4, -0.2) is 15.6 Å². The minimum Gasteiger partial charge on any atom is -0.481 e. The van der Waals surface area contributed by atoms with Gasteiger partial charge in [0.1, 0.15) is 0 Å². The van der Waals surface area contributed by atoms with Gasteiger partial charge in [-0.25, -0.2) is 0 Å². The normalized spacial score (nSPS) is 11.4. The van der Waals surface area contributed by atoms with Gasteiger partial charge >= 0.3 is 5.97 Å². The van der Waals surface area contributed by atoms with Crippen LogP contribution in [0.4, 0.5) is 0 Å². The topological polar surface area (TPSA) is 59.3 Å². The van der Waals surface area contributed by atoms with Crippen molar-refractivity contribution >= 4 is 5.97 Å². The molecule has 0 aliphatic heterocycles. The molecule has 1 aromatic rings. The Morgan fingerprint density at radius 2 is 2.12 bits per heavy atom. The second-order valence-corrected chi connectivity index (χ2v) is 4.67. The van der Waals surface area contributed by atoms with Gasteiger partial charge in [-0.3, -0.25) is 9.59 Å². The molecule has 0 aliphatic carbocycles. The van der Waals surface area contributed by atoms with Crippen molar-refractivity contribution in [1.82, 2.24) is 4.57 Å². The van der Waals surface area contributed by atoms with Crippen molar-refractivity contribution in [3.05, 3.63) is 34.2 Å². The number of aliphatic carboxylic acids is 1. The summed E-state index contributed by atoms with van der Waals surface area (Å²) in [4.78, 5) is 22.4. The summed E-state index contributed by atoms with van der Waals surface area (Å²) >= 11 is 0. The molecule has 0 atom stereocenters. The molecule has 0 spiro atoms. The number of rotatable bonds is 4. The van der Waals surface area contributed by atoms with E-state index in [1.54, 1.807) is 26.1 Å². The van der Waals surface area contributed by atoms with E-state index in [-0.39, 0.29) is 5.56 Å². The molecule has 0 aromatic carbocycles. The van der Waals surface area contributed by atoms with Crippen LogP contribution in [0.15, 0.2) is 23.1 Å². The first-order valence-electron chi connectivity index (χ1n) is 5.23. The largest absolute Gasteiger partial charge is 0.481 e. The average molecular weight is 223 g/mol. The first-order valence-corrected chi connectivity index (χ1v) is 5.23. The molecule has 4 nitrogen and oxygen atoms in total.